The van der Waals surface area contributed by atoms with Gasteiger partial charge in [0.25, 0.3) is 5.91 Å². The normalized spacial score (nSPS) is 22.6. The molecule has 2 aromatic heterocycles. The summed E-state index contributed by atoms with van der Waals surface area (Å²) in [7, 11) is 0. The lowest BCUT2D eigenvalue weighted by Crippen LogP contribution is -2.40. The lowest BCUT2D eigenvalue weighted by atomic mass is 9.92. The van der Waals surface area contributed by atoms with Gasteiger partial charge in [-0.25, -0.2) is 4.98 Å². The first-order chi connectivity index (χ1) is 9.72. The van der Waals surface area contributed by atoms with Gasteiger partial charge >= 0.3 is 0 Å². The molecule has 3 rings (SSSR count). The van der Waals surface area contributed by atoms with Crippen LogP contribution in [-0.2, 0) is 0 Å². The quantitative estimate of drug-likeness (QED) is 0.910. The van der Waals surface area contributed by atoms with Crippen molar-refractivity contribution < 1.29 is 9.21 Å². The molecule has 1 fully saturated rings. The van der Waals surface area contributed by atoms with E-state index in [1.165, 1.54) is 11.3 Å². The molecular weight excluding hydrogens is 274 g/mol. The van der Waals surface area contributed by atoms with Gasteiger partial charge in [-0.3, -0.25) is 4.79 Å². The van der Waals surface area contributed by atoms with Crippen molar-refractivity contribution in [2.24, 2.45) is 5.73 Å². The van der Waals surface area contributed by atoms with Crippen LogP contribution in [0.15, 0.2) is 28.4 Å². The van der Waals surface area contributed by atoms with E-state index in [0.717, 1.165) is 36.3 Å². The van der Waals surface area contributed by atoms with Gasteiger partial charge in [0.15, 0.2) is 0 Å². The second-order valence-electron chi connectivity index (χ2n) is 5.14. The molecule has 3 N–H and O–H groups in total. The third kappa shape index (κ3) is 2.91. The molecule has 6 heteroatoms. The Bertz CT molecular complexity index is 571. The summed E-state index contributed by atoms with van der Waals surface area (Å²) >= 11 is 1.45. The van der Waals surface area contributed by atoms with Gasteiger partial charge in [-0.2, -0.15) is 0 Å². The standard InChI is InChI=1S/C14H17N3O2S/c15-10-1-3-11(4-2-10)16-13(18)12-8-20-14(17-12)9-5-6-19-7-9/h5-8,10-11H,1-4,15H2,(H,16,18). The van der Waals surface area contributed by atoms with Crippen LogP contribution in [0.5, 0.6) is 0 Å². The van der Waals surface area contributed by atoms with Crippen LogP contribution < -0.4 is 11.1 Å². The summed E-state index contributed by atoms with van der Waals surface area (Å²) in [5.74, 6) is -0.100. The zero-order valence-corrected chi connectivity index (χ0v) is 11.9. The Morgan fingerprint density at radius 1 is 1.40 bits per heavy atom. The number of aromatic nitrogens is 1. The highest BCUT2D eigenvalue weighted by atomic mass is 32.1. The number of rotatable bonds is 3. The molecule has 5 nitrogen and oxygen atoms in total. The van der Waals surface area contributed by atoms with Crippen LogP contribution in [0.4, 0.5) is 0 Å². The molecule has 0 aromatic carbocycles. The Morgan fingerprint density at radius 3 is 2.90 bits per heavy atom. The van der Waals surface area contributed by atoms with Crippen molar-refractivity contribution in [2.45, 2.75) is 37.8 Å². The van der Waals surface area contributed by atoms with Crippen LogP contribution in [0, 0.1) is 0 Å². The van der Waals surface area contributed by atoms with Gasteiger partial charge in [0.05, 0.1) is 6.26 Å². The van der Waals surface area contributed by atoms with E-state index in [1.54, 1.807) is 17.9 Å². The number of furan rings is 1. The van der Waals surface area contributed by atoms with Crippen molar-refractivity contribution in [3.05, 3.63) is 29.7 Å². The molecule has 1 aliphatic carbocycles. The summed E-state index contributed by atoms with van der Waals surface area (Å²) < 4.78 is 5.02. The highest BCUT2D eigenvalue weighted by Gasteiger charge is 2.21. The topological polar surface area (TPSA) is 81.1 Å². The van der Waals surface area contributed by atoms with Crippen LogP contribution in [0.3, 0.4) is 0 Å². The lowest BCUT2D eigenvalue weighted by molar-refractivity contribution is 0.0921. The number of hydrogen-bond acceptors (Lipinski definition) is 5. The Morgan fingerprint density at radius 2 is 2.20 bits per heavy atom. The summed E-state index contributed by atoms with van der Waals surface area (Å²) in [4.78, 5) is 16.5. The molecule has 2 aromatic rings. The van der Waals surface area contributed by atoms with Crippen LogP contribution in [0.1, 0.15) is 36.2 Å². The molecule has 106 valence electrons. The molecule has 0 atom stereocenters. The van der Waals surface area contributed by atoms with E-state index in [-0.39, 0.29) is 18.0 Å². The van der Waals surface area contributed by atoms with Gasteiger partial charge in [-0.05, 0) is 31.7 Å². The monoisotopic (exact) mass is 291 g/mol. The highest BCUT2D eigenvalue weighted by molar-refractivity contribution is 7.13. The second-order valence-corrected chi connectivity index (χ2v) is 5.99. The fourth-order valence-corrected chi connectivity index (χ4v) is 3.21. The molecule has 0 bridgehead atoms. The van der Waals surface area contributed by atoms with Gasteiger partial charge in [0.2, 0.25) is 0 Å². The van der Waals surface area contributed by atoms with E-state index in [2.05, 4.69) is 10.3 Å². The highest BCUT2D eigenvalue weighted by Crippen LogP contribution is 2.24. The van der Waals surface area contributed by atoms with Crippen LogP contribution in [0.25, 0.3) is 10.6 Å². The SMILES string of the molecule is NC1CCC(NC(=O)c2csc(-c3ccoc3)n2)CC1. The van der Waals surface area contributed by atoms with Gasteiger partial charge < -0.3 is 15.5 Å². The summed E-state index contributed by atoms with van der Waals surface area (Å²) in [6.07, 6.45) is 7.08. The lowest BCUT2D eigenvalue weighted by Gasteiger charge is -2.26. The zero-order chi connectivity index (χ0) is 13.9. The maximum absolute atomic E-state index is 12.2. The minimum Gasteiger partial charge on any atom is -0.472 e. The minimum absolute atomic E-state index is 0.100. The maximum Gasteiger partial charge on any atom is 0.270 e. The smallest absolute Gasteiger partial charge is 0.270 e. The number of carbonyl (C=O) groups excluding carboxylic acids is 1. The molecule has 1 amide bonds. The van der Waals surface area contributed by atoms with Crippen LogP contribution >= 0.6 is 11.3 Å². The Labute approximate surface area is 121 Å². The third-order valence-electron chi connectivity index (χ3n) is 3.61. The average Bonchev–Trinajstić information content (AvgIpc) is 3.11. The molecule has 1 aliphatic rings. The molecular formula is C14H17N3O2S. The predicted octanol–water partition coefficient (Wildman–Crippen LogP) is 2.40. The van der Waals surface area contributed by atoms with Crippen molar-refractivity contribution in [2.75, 3.05) is 0 Å². The summed E-state index contributed by atoms with van der Waals surface area (Å²) in [5, 5.41) is 5.63. The molecule has 1 saturated carbocycles. The van der Waals surface area contributed by atoms with Crippen molar-refractivity contribution >= 4 is 17.2 Å². The molecule has 2 heterocycles. The van der Waals surface area contributed by atoms with Gasteiger partial charge in [0, 0.05) is 23.0 Å². The third-order valence-corrected chi connectivity index (χ3v) is 4.50. The van der Waals surface area contributed by atoms with Crippen molar-refractivity contribution in [3.8, 4) is 10.6 Å². The first-order valence-corrected chi connectivity index (χ1v) is 7.65. The van der Waals surface area contributed by atoms with Crippen LogP contribution in [-0.4, -0.2) is 23.0 Å². The molecule has 20 heavy (non-hydrogen) atoms. The number of amides is 1. The first kappa shape index (κ1) is 13.3. The number of nitrogens with zero attached hydrogens (tertiary/aromatic N) is 1. The van der Waals surface area contributed by atoms with Crippen molar-refractivity contribution in [1.82, 2.24) is 10.3 Å². The minimum atomic E-state index is -0.100. The number of thiazole rings is 1. The number of carbonyl (C=O) groups is 1. The fraction of sp³-hybridized carbons (Fsp3) is 0.429. The van der Waals surface area contributed by atoms with E-state index in [1.807, 2.05) is 6.07 Å². The van der Waals surface area contributed by atoms with E-state index in [0.29, 0.717) is 5.69 Å². The summed E-state index contributed by atoms with van der Waals surface area (Å²) in [6.45, 7) is 0. The zero-order valence-electron chi connectivity index (χ0n) is 11.0. The van der Waals surface area contributed by atoms with Crippen molar-refractivity contribution in [1.29, 1.82) is 0 Å². The van der Waals surface area contributed by atoms with E-state index >= 15 is 0 Å². The van der Waals surface area contributed by atoms with Gasteiger partial charge in [-0.15, -0.1) is 11.3 Å². The Kier molecular flexibility index (Phi) is 3.84. The summed E-state index contributed by atoms with van der Waals surface area (Å²) in [6, 6.07) is 2.35. The largest absolute Gasteiger partial charge is 0.472 e. The van der Waals surface area contributed by atoms with E-state index in [4.69, 9.17) is 10.2 Å². The Balaban J connectivity index is 1.63. The number of hydrogen-bond donors (Lipinski definition) is 2. The molecule has 0 spiro atoms. The predicted molar refractivity (Wildman–Crippen MR) is 77.5 cm³/mol. The number of nitrogens with two attached hydrogens (primary N) is 1. The molecule has 0 radical (unpaired) electrons. The van der Waals surface area contributed by atoms with Crippen molar-refractivity contribution in [3.63, 3.8) is 0 Å². The first-order valence-electron chi connectivity index (χ1n) is 6.77. The van der Waals surface area contributed by atoms with E-state index < -0.39 is 0 Å². The molecule has 0 aliphatic heterocycles. The summed E-state index contributed by atoms with van der Waals surface area (Å²) in [5.41, 5.74) is 7.24. The molecule has 0 unspecified atom stereocenters. The Hall–Kier alpha value is -1.66. The fourth-order valence-electron chi connectivity index (χ4n) is 2.42. The van der Waals surface area contributed by atoms with Crippen LogP contribution in [0.2, 0.25) is 0 Å². The van der Waals surface area contributed by atoms with E-state index in [9.17, 15) is 4.79 Å². The average molecular weight is 291 g/mol. The number of nitrogens with one attached hydrogen (secondary N) is 1. The second kappa shape index (κ2) is 5.76. The molecule has 0 saturated heterocycles. The maximum atomic E-state index is 12.2. The van der Waals surface area contributed by atoms with Gasteiger partial charge in [-0.1, -0.05) is 0 Å². The van der Waals surface area contributed by atoms with Gasteiger partial charge in [0.1, 0.15) is 17.0 Å².